The van der Waals surface area contributed by atoms with E-state index in [2.05, 4.69) is 31.0 Å². The highest BCUT2D eigenvalue weighted by molar-refractivity contribution is 5.22. The average molecular weight is 209 g/mol. The van der Waals surface area contributed by atoms with Crippen molar-refractivity contribution in [1.29, 1.82) is 0 Å². The zero-order chi connectivity index (χ0) is 12.1. The second kappa shape index (κ2) is 13.2. The molecule has 15 heavy (non-hydrogen) atoms. The van der Waals surface area contributed by atoms with Gasteiger partial charge in [-0.1, -0.05) is 51.7 Å². The van der Waals surface area contributed by atoms with Gasteiger partial charge in [0.1, 0.15) is 0 Å². The molecule has 0 bridgehead atoms. The summed E-state index contributed by atoms with van der Waals surface area (Å²) in [4.78, 5) is 0. The van der Waals surface area contributed by atoms with Gasteiger partial charge in [-0.25, -0.2) is 0 Å². The highest BCUT2D eigenvalue weighted by Gasteiger charge is 2.03. The predicted octanol–water partition coefficient (Wildman–Crippen LogP) is 4.09. The molecule has 0 amide bonds. The molecule has 1 N–H and O–H groups in total. The van der Waals surface area contributed by atoms with Crippen LogP contribution in [0.25, 0.3) is 0 Å². The lowest BCUT2D eigenvalue weighted by molar-refractivity contribution is 0.545. The highest BCUT2D eigenvalue weighted by Crippen LogP contribution is 2.09. The Balaban J connectivity index is 0. The van der Waals surface area contributed by atoms with Crippen LogP contribution in [0.15, 0.2) is 36.5 Å². The van der Waals surface area contributed by atoms with Crippen molar-refractivity contribution in [3.63, 3.8) is 0 Å². The number of hydrogen-bond acceptors (Lipinski definition) is 1. The third-order valence-corrected chi connectivity index (χ3v) is 2.15. The molecule has 0 heterocycles. The summed E-state index contributed by atoms with van der Waals surface area (Å²) in [5, 5.41) is 3.28. The minimum Gasteiger partial charge on any atom is -0.317 e. The second-order valence-corrected chi connectivity index (χ2v) is 3.07. The van der Waals surface area contributed by atoms with Crippen LogP contribution in [0.5, 0.6) is 0 Å². The third kappa shape index (κ3) is 9.48. The molecular formula is C14H27N. The Hall–Kier alpha value is -0.820. The standard InChI is InChI=1S/C12H21N.C2H6/c1-5-8-9-11(6-2)10-12(7-3)13-4;1-2/h5-6,8-9,12-13H,2,7,10H2,1,3-4H3;1-2H3/b8-5-,11-9+;. The summed E-state index contributed by atoms with van der Waals surface area (Å²) in [6.07, 6.45) is 10.3. The van der Waals surface area contributed by atoms with E-state index in [1.54, 1.807) is 0 Å². The maximum atomic E-state index is 3.81. The second-order valence-electron chi connectivity index (χ2n) is 3.07. The van der Waals surface area contributed by atoms with Crippen LogP contribution < -0.4 is 5.32 Å². The largest absolute Gasteiger partial charge is 0.317 e. The smallest absolute Gasteiger partial charge is 0.0102 e. The monoisotopic (exact) mass is 209 g/mol. The van der Waals surface area contributed by atoms with Gasteiger partial charge in [-0.05, 0) is 32.4 Å². The first kappa shape index (κ1) is 16.6. The summed E-state index contributed by atoms with van der Waals surface area (Å²) >= 11 is 0. The summed E-state index contributed by atoms with van der Waals surface area (Å²) < 4.78 is 0. The van der Waals surface area contributed by atoms with Crippen molar-refractivity contribution in [3.05, 3.63) is 36.5 Å². The summed E-state index contributed by atoms with van der Waals surface area (Å²) in [5.74, 6) is 0. The van der Waals surface area contributed by atoms with Crippen LogP contribution in [-0.4, -0.2) is 13.1 Å². The summed E-state index contributed by atoms with van der Waals surface area (Å²) in [5.41, 5.74) is 1.29. The van der Waals surface area contributed by atoms with Crippen molar-refractivity contribution in [2.45, 2.75) is 46.6 Å². The lowest BCUT2D eigenvalue weighted by atomic mass is 10.0. The van der Waals surface area contributed by atoms with Crippen LogP contribution in [0.4, 0.5) is 0 Å². The lowest BCUT2D eigenvalue weighted by Crippen LogP contribution is -2.24. The summed E-state index contributed by atoms with van der Waals surface area (Å²) in [6, 6.07) is 0.564. The van der Waals surface area contributed by atoms with Gasteiger partial charge in [0.15, 0.2) is 0 Å². The lowest BCUT2D eigenvalue weighted by Gasteiger charge is -2.13. The molecule has 0 aromatic heterocycles. The van der Waals surface area contributed by atoms with E-state index in [4.69, 9.17) is 0 Å². The van der Waals surface area contributed by atoms with Gasteiger partial charge in [-0.3, -0.25) is 0 Å². The number of rotatable bonds is 6. The molecule has 1 nitrogen and oxygen atoms in total. The molecule has 1 unspecified atom stereocenters. The van der Waals surface area contributed by atoms with Gasteiger partial charge in [-0.2, -0.15) is 0 Å². The summed E-state index contributed by atoms with van der Waals surface area (Å²) in [7, 11) is 2.00. The SMILES string of the molecule is C=C/C(=C\C=C/C)CC(CC)NC.CC. The molecule has 1 atom stereocenters. The molecule has 0 spiro atoms. The van der Waals surface area contributed by atoms with Crippen LogP contribution >= 0.6 is 0 Å². The Kier molecular flexibility index (Phi) is 14.6. The third-order valence-electron chi connectivity index (χ3n) is 2.15. The minimum atomic E-state index is 0.564. The maximum absolute atomic E-state index is 3.81. The Labute approximate surface area is 96.0 Å². The topological polar surface area (TPSA) is 12.0 Å². The number of nitrogens with one attached hydrogen (secondary N) is 1. The first-order chi connectivity index (χ1) is 7.28. The molecule has 0 saturated heterocycles. The fraction of sp³-hybridized carbons (Fsp3) is 0.571. The van der Waals surface area contributed by atoms with Crippen LogP contribution in [0, 0.1) is 0 Å². The number of allylic oxidation sites excluding steroid dienone is 4. The van der Waals surface area contributed by atoms with Gasteiger partial charge in [-0.15, -0.1) is 0 Å². The zero-order valence-corrected chi connectivity index (χ0v) is 11.0. The molecule has 0 aliphatic rings. The molecule has 0 radical (unpaired) electrons. The van der Waals surface area contributed by atoms with Crippen LogP contribution in [0.3, 0.4) is 0 Å². The van der Waals surface area contributed by atoms with E-state index in [-0.39, 0.29) is 0 Å². The van der Waals surface area contributed by atoms with Crippen LogP contribution in [0.1, 0.15) is 40.5 Å². The van der Waals surface area contributed by atoms with Gasteiger partial charge in [0.05, 0.1) is 0 Å². The van der Waals surface area contributed by atoms with Crippen molar-refractivity contribution in [2.24, 2.45) is 0 Å². The molecular weight excluding hydrogens is 182 g/mol. The van der Waals surface area contributed by atoms with E-state index in [1.807, 2.05) is 40.0 Å². The first-order valence-corrected chi connectivity index (χ1v) is 5.90. The first-order valence-electron chi connectivity index (χ1n) is 5.90. The van der Waals surface area contributed by atoms with Gasteiger partial charge < -0.3 is 5.32 Å². The van der Waals surface area contributed by atoms with Gasteiger partial charge in [0, 0.05) is 6.04 Å². The van der Waals surface area contributed by atoms with Gasteiger partial charge in [0.2, 0.25) is 0 Å². The van der Waals surface area contributed by atoms with E-state index < -0.39 is 0 Å². The highest BCUT2D eigenvalue weighted by atomic mass is 14.9. The Morgan fingerprint density at radius 1 is 1.40 bits per heavy atom. The molecule has 0 fully saturated rings. The molecule has 0 aliphatic heterocycles. The van der Waals surface area contributed by atoms with Crippen molar-refractivity contribution in [1.82, 2.24) is 5.32 Å². The average Bonchev–Trinajstić information content (AvgIpc) is 2.32. The Morgan fingerprint density at radius 2 is 2.00 bits per heavy atom. The molecule has 0 saturated carbocycles. The van der Waals surface area contributed by atoms with E-state index in [0.717, 1.165) is 12.8 Å². The van der Waals surface area contributed by atoms with E-state index in [9.17, 15) is 0 Å². The molecule has 0 rings (SSSR count). The van der Waals surface area contributed by atoms with Crippen molar-refractivity contribution in [3.8, 4) is 0 Å². The minimum absolute atomic E-state index is 0.564. The zero-order valence-electron chi connectivity index (χ0n) is 11.0. The van der Waals surface area contributed by atoms with Crippen LogP contribution in [-0.2, 0) is 0 Å². The fourth-order valence-electron chi connectivity index (χ4n) is 1.17. The molecule has 0 aromatic rings. The van der Waals surface area contributed by atoms with E-state index in [1.165, 1.54) is 5.57 Å². The van der Waals surface area contributed by atoms with Gasteiger partial charge in [0.25, 0.3) is 0 Å². The summed E-state index contributed by atoms with van der Waals surface area (Å²) in [6.45, 7) is 12.0. The molecule has 0 aliphatic carbocycles. The Bertz CT molecular complexity index is 186. The van der Waals surface area contributed by atoms with Gasteiger partial charge >= 0.3 is 0 Å². The Morgan fingerprint density at radius 3 is 2.33 bits per heavy atom. The van der Waals surface area contributed by atoms with E-state index in [0.29, 0.717) is 6.04 Å². The number of hydrogen-bond donors (Lipinski definition) is 1. The van der Waals surface area contributed by atoms with Crippen molar-refractivity contribution < 1.29 is 0 Å². The van der Waals surface area contributed by atoms with Crippen molar-refractivity contribution in [2.75, 3.05) is 7.05 Å². The fourth-order valence-corrected chi connectivity index (χ4v) is 1.17. The maximum Gasteiger partial charge on any atom is 0.0102 e. The normalized spacial score (nSPS) is 13.3. The quantitative estimate of drug-likeness (QED) is 0.650. The molecule has 0 aromatic carbocycles. The van der Waals surface area contributed by atoms with Crippen molar-refractivity contribution >= 4 is 0 Å². The molecule has 88 valence electrons. The predicted molar refractivity (Wildman–Crippen MR) is 72.2 cm³/mol. The molecule has 1 heteroatoms. The van der Waals surface area contributed by atoms with Crippen LogP contribution in [0.2, 0.25) is 0 Å². The van der Waals surface area contributed by atoms with E-state index >= 15 is 0 Å².